The van der Waals surface area contributed by atoms with E-state index in [1.165, 1.54) is 21.9 Å². The minimum atomic E-state index is 0.571. The lowest BCUT2D eigenvalue weighted by Gasteiger charge is -2.13. The molecule has 0 spiro atoms. The van der Waals surface area contributed by atoms with Crippen LogP contribution in [-0.4, -0.2) is 15.0 Å². The number of rotatable bonds is 8. The molecule has 0 atom stereocenters. The minimum absolute atomic E-state index is 0.571. The summed E-state index contributed by atoms with van der Waals surface area (Å²) >= 11 is 0. The van der Waals surface area contributed by atoms with Crippen LogP contribution in [0.1, 0.15) is 0 Å². The molecule has 0 bridgehead atoms. The molecule has 304 valence electrons. The van der Waals surface area contributed by atoms with E-state index >= 15 is 0 Å². The molecule has 0 N–H and O–H groups in total. The van der Waals surface area contributed by atoms with Crippen LogP contribution in [0.3, 0.4) is 0 Å². The van der Waals surface area contributed by atoms with Crippen molar-refractivity contribution < 1.29 is 4.42 Å². The fourth-order valence-corrected chi connectivity index (χ4v) is 9.12. The van der Waals surface area contributed by atoms with Gasteiger partial charge in [0, 0.05) is 33.0 Å². The summed E-state index contributed by atoms with van der Waals surface area (Å²) in [7, 11) is 0. The van der Waals surface area contributed by atoms with Gasteiger partial charge in [0.25, 0.3) is 0 Å². The van der Waals surface area contributed by atoms with Gasteiger partial charge in [-0.25, -0.2) is 15.0 Å². The molecule has 0 amide bonds. The van der Waals surface area contributed by atoms with Gasteiger partial charge in [-0.15, -0.1) is 0 Å². The van der Waals surface area contributed by atoms with E-state index in [1.807, 2.05) is 30.3 Å². The fourth-order valence-electron chi connectivity index (χ4n) is 9.12. The van der Waals surface area contributed by atoms with Gasteiger partial charge in [-0.3, -0.25) is 0 Å². The maximum atomic E-state index is 6.82. The Morgan fingerprint density at radius 1 is 0.262 bits per heavy atom. The van der Waals surface area contributed by atoms with Crippen molar-refractivity contribution in [2.45, 2.75) is 0 Å². The van der Waals surface area contributed by atoms with Crippen LogP contribution in [0.5, 0.6) is 0 Å². The van der Waals surface area contributed by atoms with Crippen molar-refractivity contribution in [3.63, 3.8) is 0 Å². The molecule has 0 saturated heterocycles. The quantitative estimate of drug-likeness (QED) is 0.153. The summed E-state index contributed by atoms with van der Waals surface area (Å²) in [6, 6.07) is 82.9. The van der Waals surface area contributed by atoms with Gasteiger partial charge < -0.3 is 4.42 Å². The fraction of sp³-hybridized carbons (Fsp3) is 0. The van der Waals surface area contributed by atoms with Gasteiger partial charge in [0.1, 0.15) is 11.2 Å². The second kappa shape index (κ2) is 16.2. The molecule has 2 heterocycles. The highest BCUT2D eigenvalue weighted by Crippen LogP contribution is 2.42. The van der Waals surface area contributed by atoms with Gasteiger partial charge in [-0.2, -0.15) is 0 Å². The third-order valence-corrected chi connectivity index (χ3v) is 12.4. The van der Waals surface area contributed by atoms with Gasteiger partial charge in [0.05, 0.1) is 0 Å². The first-order valence-corrected chi connectivity index (χ1v) is 21.9. The number of hydrogen-bond donors (Lipinski definition) is 0. The Labute approximate surface area is 376 Å². The van der Waals surface area contributed by atoms with Crippen LogP contribution < -0.4 is 0 Å². The number of nitrogens with zero attached hydrogens (tertiary/aromatic N) is 3. The lowest BCUT2D eigenvalue weighted by Crippen LogP contribution is -2.01. The smallest absolute Gasteiger partial charge is 0.164 e. The SMILES string of the molecule is c1ccc(-c2ccc(-c3nc(-c4cc(-c5ccccc5)cc(-c5ccccc5)c4)nc(-c4cccc5oc6c(-c7ccc(-c8cccc9ccccc89)cc7)cccc6c45)n3)cc2)cc1. The second-order valence-corrected chi connectivity index (χ2v) is 16.3. The second-order valence-electron chi connectivity index (χ2n) is 16.3. The van der Waals surface area contributed by atoms with Crippen LogP contribution in [-0.2, 0) is 0 Å². The van der Waals surface area contributed by atoms with E-state index in [9.17, 15) is 0 Å². The summed E-state index contributed by atoms with van der Waals surface area (Å²) in [4.78, 5) is 15.9. The zero-order chi connectivity index (χ0) is 43.1. The molecule has 2 aromatic heterocycles. The molecular weight excluding hydrogens is 791 g/mol. The number of para-hydroxylation sites is 1. The third kappa shape index (κ3) is 7.13. The van der Waals surface area contributed by atoms with Crippen molar-refractivity contribution in [1.29, 1.82) is 0 Å². The summed E-state index contributed by atoms with van der Waals surface area (Å²) in [5.41, 5.74) is 15.4. The first-order valence-electron chi connectivity index (χ1n) is 21.9. The number of aromatic nitrogens is 3. The van der Waals surface area contributed by atoms with Crippen LogP contribution in [0.15, 0.2) is 241 Å². The van der Waals surface area contributed by atoms with Gasteiger partial charge in [-0.05, 0) is 85.1 Å². The maximum Gasteiger partial charge on any atom is 0.164 e. The summed E-state index contributed by atoms with van der Waals surface area (Å²) in [6.45, 7) is 0. The van der Waals surface area contributed by atoms with Crippen molar-refractivity contribution in [3.8, 4) is 89.8 Å². The molecule has 4 nitrogen and oxygen atoms in total. The largest absolute Gasteiger partial charge is 0.455 e. The molecule has 10 aromatic carbocycles. The van der Waals surface area contributed by atoms with E-state index in [1.54, 1.807) is 0 Å². The first kappa shape index (κ1) is 38.0. The summed E-state index contributed by atoms with van der Waals surface area (Å²) in [5.74, 6) is 1.75. The van der Waals surface area contributed by atoms with E-state index < -0.39 is 0 Å². The highest BCUT2D eigenvalue weighted by molar-refractivity contribution is 6.15. The van der Waals surface area contributed by atoms with E-state index in [2.05, 4.69) is 206 Å². The first-order chi connectivity index (χ1) is 32.2. The van der Waals surface area contributed by atoms with Crippen LogP contribution in [0.4, 0.5) is 0 Å². The van der Waals surface area contributed by atoms with Gasteiger partial charge in [-0.1, -0.05) is 212 Å². The van der Waals surface area contributed by atoms with Gasteiger partial charge in [0.2, 0.25) is 0 Å². The maximum absolute atomic E-state index is 6.82. The molecule has 0 unspecified atom stereocenters. The normalized spacial score (nSPS) is 11.4. The van der Waals surface area contributed by atoms with E-state index in [0.29, 0.717) is 17.5 Å². The molecule has 0 aliphatic heterocycles. The molecule has 0 fully saturated rings. The number of benzene rings is 10. The number of hydrogen-bond acceptors (Lipinski definition) is 4. The number of fused-ring (bicyclic) bond motifs is 4. The van der Waals surface area contributed by atoms with E-state index in [0.717, 1.165) is 83.1 Å². The highest BCUT2D eigenvalue weighted by Gasteiger charge is 2.21. The molecule has 65 heavy (non-hydrogen) atoms. The van der Waals surface area contributed by atoms with Crippen LogP contribution in [0.25, 0.3) is 123 Å². The molecular formula is C61H39N3O. The Bertz CT molecular complexity index is 3610. The molecule has 12 rings (SSSR count). The average molecular weight is 830 g/mol. The Kier molecular flexibility index (Phi) is 9.46. The van der Waals surface area contributed by atoms with Crippen molar-refractivity contribution in [2.24, 2.45) is 0 Å². The van der Waals surface area contributed by atoms with E-state index in [-0.39, 0.29) is 0 Å². The highest BCUT2D eigenvalue weighted by atomic mass is 16.3. The van der Waals surface area contributed by atoms with Crippen LogP contribution >= 0.6 is 0 Å². The average Bonchev–Trinajstić information content (AvgIpc) is 3.79. The van der Waals surface area contributed by atoms with Crippen LogP contribution in [0.2, 0.25) is 0 Å². The van der Waals surface area contributed by atoms with Crippen molar-refractivity contribution in [3.05, 3.63) is 237 Å². The lowest BCUT2D eigenvalue weighted by molar-refractivity contribution is 0.670. The Morgan fingerprint density at radius 3 is 1.37 bits per heavy atom. The van der Waals surface area contributed by atoms with Crippen molar-refractivity contribution in [1.82, 2.24) is 15.0 Å². The number of furan rings is 1. The van der Waals surface area contributed by atoms with Crippen molar-refractivity contribution in [2.75, 3.05) is 0 Å². The summed E-state index contributed by atoms with van der Waals surface area (Å²) < 4.78 is 6.82. The molecule has 0 aliphatic carbocycles. The summed E-state index contributed by atoms with van der Waals surface area (Å²) in [6.07, 6.45) is 0. The van der Waals surface area contributed by atoms with Crippen molar-refractivity contribution >= 4 is 32.7 Å². The van der Waals surface area contributed by atoms with Gasteiger partial charge in [0.15, 0.2) is 17.5 Å². The Hall–Kier alpha value is -8.73. The zero-order valence-electron chi connectivity index (χ0n) is 35.3. The van der Waals surface area contributed by atoms with E-state index in [4.69, 9.17) is 19.4 Å². The minimum Gasteiger partial charge on any atom is -0.455 e. The Morgan fingerprint density at radius 2 is 0.692 bits per heavy atom. The monoisotopic (exact) mass is 829 g/mol. The topological polar surface area (TPSA) is 51.8 Å². The Balaban J connectivity index is 1.02. The standard InChI is InChI=1S/C61H39N3O/c1-4-15-40(16-5-1)43-29-35-47(36-30-43)59-62-60(50-38-48(41-17-6-2-7-18-41)37-49(39-50)42-19-8-3-9-20-42)64-61(63-59)55-27-14-28-56-57(55)54-26-13-25-53(58(54)65-56)46-33-31-45(32-34-46)52-24-12-22-44-21-10-11-23-51(44)52/h1-39H. The van der Waals surface area contributed by atoms with Crippen LogP contribution in [0, 0.1) is 0 Å². The molecule has 0 saturated carbocycles. The molecule has 4 heteroatoms. The lowest BCUT2D eigenvalue weighted by atomic mass is 9.95. The summed E-state index contributed by atoms with van der Waals surface area (Å²) in [5, 5.41) is 4.43. The predicted molar refractivity (Wildman–Crippen MR) is 268 cm³/mol. The molecule has 0 aliphatic rings. The third-order valence-electron chi connectivity index (χ3n) is 12.4. The molecule has 12 aromatic rings. The predicted octanol–water partition coefficient (Wildman–Crippen LogP) is 16.3. The molecule has 0 radical (unpaired) electrons. The zero-order valence-corrected chi connectivity index (χ0v) is 35.3. The van der Waals surface area contributed by atoms with Gasteiger partial charge >= 0.3 is 0 Å².